The molecule has 0 aromatic heterocycles. The van der Waals surface area contributed by atoms with Gasteiger partial charge < -0.3 is 5.32 Å². The second kappa shape index (κ2) is 8.62. The van der Waals surface area contributed by atoms with Crippen LogP contribution in [0.4, 0.5) is 5.69 Å². The standard InChI is InChI=1S/C26H22BrNO/c1-18(28-23-10-6-3-7-11-23)26-24(20-12-14-22(27)15-13-20)16-21(17-25(26)29)19-8-4-2-5-9-19/h2-15,17,24,28H,16H2,1H3/t24-/m0/s1. The van der Waals surface area contributed by atoms with E-state index in [1.807, 2.05) is 67.6 Å². The van der Waals surface area contributed by atoms with E-state index in [1.165, 1.54) is 0 Å². The first kappa shape index (κ1) is 19.4. The molecule has 0 amide bonds. The third kappa shape index (κ3) is 4.41. The molecule has 3 heteroatoms. The van der Waals surface area contributed by atoms with Crippen LogP contribution in [0.5, 0.6) is 0 Å². The van der Waals surface area contributed by atoms with E-state index in [0.717, 1.165) is 44.6 Å². The van der Waals surface area contributed by atoms with Crippen LogP contribution >= 0.6 is 15.9 Å². The van der Waals surface area contributed by atoms with Crippen LogP contribution in [0.1, 0.15) is 30.4 Å². The van der Waals surface area contributed by atoms with E-state index in [1.54, 1.807) is 6.08 Å². The van der Waals surface area contributed by atoms with Gasteiger partial charge >= 0.3 is 0 Å². The summed E-state index contributed by atoms with van der Waals surface area (Å²) in [6, 6.07) is 28.4. The zero-order valence-corrected chi connectivity index (χ0v) is 17.8. The van der Waals surface area contributed by atoms with E-state index in [0.29, 0.717) is 0 Å². The fraction of sp³-hybridized carbons (Fsp3) is 0.115. The molecule has 4 rings (SSSR count). The van der Waals surface area contributed by atoms with E-state index < -0.39 is 0 Å². The van der Waals surface area contributed by atoms with E-state index in [4.69, 9.17) is 0 Å². The zero-order chi connectivity index (χ0) is 20.2. The lowest BCUT2D eigenvalue weighted by molar-refractivity contribution is -0.111. The first-order valence-corrected chi connectivity index (χ1v) is 10.5. The molecule has 1 aliphatic carbocycles. The molecule has 0 unspecified atom stereocenters. The number of allylic oxidation sites excluding steroid dienone is 4. The second-order valence-electron chi connectivity index (χ2n) is 7.24. The van der Waals surface area contributed by atoms with Crippen LogP contribution < -0.4 is 5.32 Å². The second-order valence-corrected chi connectivity index (χ2v) is 8.15. The molecular weight excluding hydrogens is 422 g/mol. The highest BCUT2D eigenvalue weighted by Gasteiger charge is 2.30. The normalized spacial score (nSPS) is 18.2. The summed E-state index contributed by atoms with van der Waals surface area (Å²) in [5.41, 5.74) is 6.05. The van der Waals surface area contributed by atoms with Crippen LogP contribution in [-0.2, 0) is 4.79 Å². The van der Waals surface area contributed by atoms with Crippen LogP contribution in [0.3, 0.4) is 0 Å². The number of nitrogens with one attached hydrogen (secondary N) is 1. The molecule has 0 fully saturated rings. The van der Waals surface area contributed by atoms with Gasteiger partial charge in [-0.05, 0) is 60.4 Å². The number of anilines is 1. The number of carbonyl (C=O) groups excluding carboxylic acids is 1. The van der Waals surface area contributed by atoms with Crippen molar-refractivity contribution in [3.05, 3.63) is 118 Å². The Balaban J connectivity index is 1.78. The molecular formula is C26H22BrNO. The average Bonchev–Trinajstić information content (AvgIpc) is 2.75. The maximum atomic E-state index is 13.3. The predicted molar refractivity (Wildman–Crippen MR) is 124 cm³/mol. The molecule has 29 heavy (non-hydrogen) atoms. The van der Waals surface area contributed by atoms with Gasteiger partial charge in [-0.3, -0.25) is 4.79 Å². The summed E-state index contributed by atoms with van der Waals surface area (Å²) in [5, 5.41) is 3.43. The number of ketones is 1. The first-order chi connectivity index (χ1) is 14.1. The maximum Gasteiger partial charge on any atom is 0.184 e. The monoisotopic (exact) mass is 443 g/mol. The topological polar surface area (TPSA) is 29.1 Å². The van der Waals surface area contributed by atoms with Crippen LogP contribution in [0.25, 0.3) is 5.57 Å². The van der Waals surface area contributed by atoms with Gasteiger partial charge in [0.05, 0.1) is 0 Å². The summed E-state index contributed by atoms with van der Waals surface area (Å²) >= 11 is 3.52. The third-order valence-electron chi connectivity index (χ3n) is 5.27. The smallest absolute Gasteiger partial charge is 0.184 e. The zero-order valence-electron chi connectivity index (χ0n) is 16.2. The SMILES string of the molecule is CC(Nc1ccccc1)=C1C(=O)C=C(c2ccccc2)C[C@H]1c1ccc(Br)cc1. The summed E-state index contributed by atoms with van der Waals surface area (Å²) in [5.74, 6) is 0.0796. The lowest BCUT2D eigenvalue weighted by atomic mass is 9.76. The van der Waals surface area contributed by atoms with Crippen LogP contribution in [0, 0.1) is 0 Å². The van der Waals surface area contributed by atoms with Gasteiger partial charge in [-0.2, -0.15) is 0 Å². The Kier molecular flexibility index (Phi) is 5.77. The summed E-state index contributed by atoms with van der Waals surface area (Å²) in [4.78, 5) is 13.3. The minimum atomic E-state index is 0.00650. The van der Waals surface area contributed by atoms with Gasteiger partial charge in [0.1, 0.15) is 0 Å². The van der Waals surface area contributed by atoms with Gasteiger partial charge in [0, 0.05) is 27.3 Å². The van der Waals surface area contributed by atoms with Crippen LogP contribution in [0.15, 0.2) is 107 Å². The highest BCUT2D eigenvalue weighted by molar-refractivity contribution is 9.10. The molecule has 0 aliphatic heterocycles. The summed E-state index contributed by atoms with van der Waals surface area (Å²) in [6.07, 6.45) is 2.59. The number of rotatable bonds is 4. The largest absolute Gasteiger partial charge is 0.359 e. The fourth-order valence-electron chi connectivity index (χ4n) is 3.87. The number of benzene rings is 3. The molecule has 1 aliphatic rings. The van der Waals surface area contributed by atoms with Crippen molar-refractivity contribution in [3.8, 4) is 0 Å². The number of hydrogen-bond acceptors (Lipinski definition) is 2. The lowest BCUT2D eigenvalue weighted by Gasteiger charge is -2.28. The molecule has 1 atom stereocenters. The summed E-state index contributed by atoms with van der Waals surface area (Å²) in [6.45, 7) is 1.99. The van der Waals surface area contributed by atoms with E-state index in [2.05, 4.69) is 45.5 Å². The van der Waals surface area contributed by atoms with E-state index in [-0.39, 0.29) is 11.7 Å². The van der Waals surface area contributed by atoms with Crippen molar-refractivity contribution in [2.24, 2.45) is 0 Å². The van der Waals surface area contributed by atoms with Crippen LogP contribution in [-0.4, -0.2) is 5.78 Å². The number of hydrogen-bond donors (Lipinski definition) is 1. The van der Waals surface area contributed by atoms with Crippen molar-refractivity contribution < 1.29 is 4.79 Å². The molecule has 1 N–H and O–H groups in total. The Hall–Kier alpha value is -2.91. The molecule has 3 aromatic carbocycles. The van der Waals surface area contributed by atoms with Crippen molar-refractivity contribution in [2.75, 3.05) is 5.32 Å². The van der Waals surface area contributed by atoms with Crippen molar-refractivity contribution in [3.63, 3.8) is 0 Å². The molecule has 3 aromatic rings. The number of para-hydroxylation sites is 1. The summed E-state index contributed by atoms with van der Waals surface area (Å²) in [7, 11) is 0. The quantitative estimate of drug-likeness (QED) is 0.440. The Labute approximate surface area is 180 Å². The molecule has 0 radical (unpaired) electrons. The van der Waals surface area contributed by atoms with Crippen molar-refractivity contribution >= 4 is 33.0 Å². The molecule has 0 saturated carbocycles. The number of halogens is 1. The molecule has 144 valence electrons. The Morgan fingerprint density at radius 2 is 1.52 bits per heavy atom. The summed E-state index contributed by atoms with van der Waals surface area (Å²) < 4.78 is 1.03. The van der Waals surface area contributed by atoms with Crippen molar-refractivity contribution in [2.45, 2.75) is 19.3 Å². The first-order valence-electron chi connectivity index (χ1n) is 9.70. The van der Waals surface area contributed by atoms with Gasteiger partial charge in [0.2, 0.25) is 0 Å². The molecule has 0 bridgehead atoms. The predicted octanol–water partition coefficient (Wildman–Crippen LogP) is 6.98. The number of carbonyl (C=O) groups is 1. The van der Waals surface area contributed by atoms with Crippen molar-refractivity contribution in [1.82, 2.24) is 0 Å². The Bertz CT molecular complexity index is 1070. The highest BCUT2D eigenvalue weighted by Crippen LogP contribution is 2.41. The van der Waals surface area contributed by atoms with Crippen molar-refractivity contribution in [1.29, 1.82) is 0 Å². The molecule has 0 saturated heterocycles. The van der Waals surface area contributed by atoms with E-state index in [9.17, 15) is 4.79 Å². The van der Waals surface area contributed by atoms with Gasteiger partial charge in [-0.15, -0.1) is 0 Å². The van der Waals surface area contributed by atoms with E-state index >= 15 is 0 Å². The minimum Gasteiger partial charge on any atom is -0.359 e. The lowest BCUT2D eigenvalue weighted by Crippen LogP contribution is -2.20. The fourth-order valence-corrected chi connectivity index (χ4v) is 4.14. The van der Waals surface area contributed by atoms with Crippen LogP contribution in [0.2, 0.25) is 0 Å². The molecule has 0 spiro atoms. The highest BCUT2D eigenvalue weighted by atomic mass is 79.9. The molecule has 0 heterocycles. The van der Waals surface area contributed by atoms with Gasteiger partial charge in [-0.1, -0.05) is 76.6 Å². The molecule has 2 nitrogen and oxygen atoms in total. The Morgan fingerprint density at radius 1 is 0.897 bits per heavy atom. The Morgan fingerprint density at radius 3 is 2.17 bits per heavy atom. The maximum absolute atomic E-state index is 13.3. The van der Waals surface area contributed by atoms with Gasteiger partial charge in [0.25, 0.3) is 0 Å². The minimum absolute atomic E-state index is 0.00650. The van der Waals surface area contributed by atoms with Gasteiger partial charge in [-0.25, -0.2) is 0 Å². The third-order valence-corrected chi connectivity index (χ3v) is 5.80. The van der Waals surface area contributed by atoms with Gasteiger partial charge in [0.15, 0.2) is 5.78 Å². The average molecular weight is 444 g/mol.